The summed E-state index contributed by atoms with van der Waals surface area (Å²) in [5.74, 6) is 0.0783. The van der Waals surface area contributed by atoms with Crippen LogP contribution < -0.4 is 5.32 Å². The van der Waals surface area contributed by atoms with Gasteiger partial charge in [-0.15, -0.1) is 0 Å². The quantitative estimate of drug-likeness (QED) is 0.930. The van der Waals surface area contributed by atoms with Crippen molar-refractivity contribution in [1.29, 1.82) is 0 Å². The number of likely N-dealkylation sites (N-methyl/N-ethyl adjacent to an activating group) is 1. The minimum atomic E-state index is -0.113. The first-order valence-electron chi connectivity index (χ1n) is 7.19. The molecule has 1 aliphatic rings. The van der Waals surface area contributed by atoms with Gasteiger partial charge in [0.1, 0.15) is 6.17 Å². The maximum atomic E-state index is 12.5. The summed E-state index contributed by atoms with van der Waals surface area (Å²) in [7, 11) is 0. The predicted molar refractivity (Wildman–Crippen MR) is 86.0 cm³/mol. The number of carbonyl (C=O) groups is 1. The van der Waals surface area contributed by atoms with Gasteiger partial charge >= 0.3 is 0 Å². The van der Waals surface area contributed by atoms with Crippen LogP contribution in [0.3, 0.4) is 0 Å². The van der Waals surface area contributed by atoms with Crippen LogP contribution in [0.15, 0.2) is 60.7 Å². The normalized spacial score (nSPS) is 17.7. The fourth-order valence-corrected chi connectivity index (χ4v) is 2.57. The average Bonchev–Trinajstić information content (AvgIpc) is 2.54. The molecule has 0 aliphatic carbocycles. The van der Waals surface area contributed by atoms with Crippen LogP contribution in [-0.4, -0.2) is 23.5 Å². The summed E-state index contributed by atoms with van der Waals surface area (Å²) >= 11 is 0. The summed E-state index contributed by atoms with van der Waals surface area (Å²) < 4.78 is 0. The molecule has 1 heterocycles. The first-order valence-corrected chi connectivity index (χ1v) is 7.19. The van der Waals surface area contributed by atoms with E-state index in [2.05, 4.69) is 5.32 Å². The lowest BCUT2D eigenvalue weighted by atomic mass is 10.1. The van der Waals surface area contributed by atoms with Crippen molar-refractivity contribution in [2.75, 3.05) is 11.9 Å². The van der Waals surface area contributed by atoms with Crippen molar-refractivity contribution in [3.05, 3.63) is 71.8 Å². The van der Waals surface area contributed by atoms with Gasteiger partial charge < -0.3 is 10.2 Å². The third kappa shape index (κ3) is 2.68. The third-order valence-corrected chi connectivity index (χ3v) is 3.67. The summed E-state index contributed by atoms with van der Waals surface area (Å²) in [5, 5.41) is 3.42. The summed E-state index contributed by atoms with van der Waals surface area (Å²) in [4.78, 5) is 14.4. The number of nitrogens with zero attached hydrogens (tertiary/aromatic N) is 1. The number of para-hydroxylation sites is 1. The lowest BCUT2D eigenvalue weighted by molar-refractivity contribution is 0.0728. The average molecular weight is 278 g/mol. The number of fused-ring (bicyclic) bond motifs is 1. The number of amides is 1. The zero-order valence-corrected chi connectivity index (χ0v) is 12.0. The number of carbonyl (C=O) groups excluding carboxylic acids is 1. The second-order valence-electron chi connectivity index (χ2n) is 5.00. The fourth-order valence-electron chi connectivity index (χ4n) is 2.57. The first kappa shape index (κ1) is 13.4. The van der Waals surface area contributed by atoms with Crippen LogP contribution in [-0.2, 0) is 0 Å². The monoisotopic (exact) mass is 278 g/mol. The van der Waals surface area contributed by atoms with Crippen LogP contribution in [0.4, 0.5) is 5.69 Å². The van der Waals surface area contributed by atoms with E-state index in [1.54, 1.807) is 0 Å². The Kier molecular flexibility index (Phi) is 3.73. The van der Waals surface area contributed by atoms with E-state index in [-0.39, 0.29) is 12.1 Å². The SMILES string of the molecule is CCN1C(=O)c2ccccc2NC1/C=C/c1ccccc1. The van der Waals surface area contributed by atoms with Crippen molar-refractivity contribution in [3.63, 3.8) is 0 Å². The van der Waals surface area contributed by atoms with E-state index < -0.39 is 0 Å². The van der Waals surface area contributed by atoms with Gasteiger partial charge in [0.05, 0.1) is 5.56 Å². The number of hydrogen-bond acceptors (Lipinski definition) is 2. The molecule has 3 heteroatoms. The summed E-state index contributed by atoms with van der Waals surface area (Å²) in [6.45, 7) is 2.67. The Hall–Kier alpha value is -2.55. The minimum absolute atomic E-state index is 0.0783. The highest BCUT2D eigenvalue weighted by Crippen LogP contribution is 2.25. The maximum Gasteiger partial charge on any atom is 0.257 e. The van der Waals surface area contributed by atoms with E-state index in [1.807, 2.05) is 78.6 Å². The summed E-state index contributed by atoms with van der Waals surface area (Å²) in [6, 6.07) is 17.8. The van der Waals surface area contributed by atoms with E-state index in [0.29, 0.717) is 6.54 Å². The van der Waals surface area contributed by atoms with Gasteiger partial charge in [0, 0.05) is 12.2 Å². The fraction of sp³-hybridized carbons (Fsp3) is 0.167. The summed E-state index contributed by atoms with van der Waals surface area (Å²) in [6.07, 6.45) is 3.96. The van der Waals surface area contributed by atoms with Gasteiger partial charge in [-0.1, -0.05) is 48.5 Å². The van der Waals surface area contributed by atoms with Crippen molar-refractivity contribution >= 4 is 17.7 Å². The molecule has 0 saturated heterocycles. The Morgan fingerprint density at radius 1 is 1.10 bits per heavy atom. The molecule has 1 unspecified atom stereocenters. The molecule has 2 aromatic rings. The van der Waals surface area contributed by atoms with Crippen molar-refractivity contribution < 1.29 is 4.79 Å². The Balaban J connectivity index is 1.89. The molecule has 3 nitrogen and oxygen atoms in total. The van der Waals surface area contributed by atoms with E-state index in [1.165, 1.54) is 0 Å². The van der Waals surface area contributed by atoms with Gasteiger partial charge in [-0.2, -0.15) is 0 Å². The third-order valence-electron chi connectivity index (χ3n) is 3.67. The first-order chi connectivity index (χ1) is 10.3. The highest BCUT2D eigenvalue weighted by atomic mass is 16.2. The lowest BCUT2D eigenvalue weighted by Gasteiger charge is -2.35. The molecule has 0 bridgehead atoms. The number of anilines is 1. The molecule has 0 saturated carbocycles. The van der Waals surface area contributed by atoms with Crippen LogP contribution in [0.5, 0.6) is 0 Å². The van der Waals surface area contributed by atoms with Crippen molar-refractivity contribution in [3.8, 4) is 0 Å². The van der Waals surface area contributed by atoms with E-state index in [4.69, 9.17) is 0 Å². The number of nitrogens with one attached hydrogen (secondary N) is 1. The predicted octanol–water partition coefficient (Wildman–Crippen LogP) is 3.61. The Morgan fingerprint density at radius 3 is 2.57 bits per heavy atom. The van der Waals surface area contributed by atoms with Gasteiger partial charge in [-0.25, -0.2) is 0 Å². The molecule has 106 valence electrons. The molecule has 3 rings (SSSR count). The Labute approximate surface area is 124 Å². The van der Waals surface area contributed by atoms with E-state index in [9.17, 15) is 4.79 Å². The smallest absolute Gasteiger partial charge is 0.257 e. The highest BCUT2D eigenvalue weighted by Gasteiger charge is 2.28. The number of rotatable bonds is 3. The van der Waals surface area contributed by atoms with Crippen LogP contribution >= 0.6 is 0 Å². The van der Waals surface area contributed by atoms with Gasteiger partial charge in [-0.05, 0) is 30.7 Å². The largest absolute Gasteiger partial charge is 0.361 e. The number of benzene rings is 2. The molecule has 1 atom stereocenters. The molecule has 1 aliphatic heterocycles. The van der Waals surface area contributed by atoms with Crippen molar-refractivity contribution in [2.24, 2.45) is 0 Å². The highest BCUT2D eigenvalue weighted by molar-refractivity contribution is 6.01. The standard InChI is InChI=1S/C18H18N2O/c1-2-20-17(13-12-14-8-4-3-5-9-14)19-16-11-7-6-10-15(16)18(20)21/h3-13,17,19H,2H2,1H3/b13-12+. The molecule has 21 heavy (non-hydrogen) atoms. The van der Waals surface area contributed by atoms with Gasteiger partial charge in [0.2, 0.25) is 0 Å². The minimum Gasteiger partial charge on any atom is -0.361 e. The van der Waals surface area contributed by atoms with Crippen molar-refractivity contribution in [2.45, 2.75) is 13.1 Å². The van der Waals surface area contributed by atoms with Crippen LogP contribution in [0, 0.1) is 0 Å². The molecule has 0 radical (unpaired) electrons. The topological polar surface area (TPSA) is 32.3 Å². The summed E-state index contributed by atoms with van der Waals surface area (Å²) in [5.41, 5.74) is 2.76. The van der Waals surface area contributed by atoms with Gasteiger partial charge in [-0.3, -0.25) is 4.79 Å². The van der Waals surface area contributed by atoms with E-state index >= 15 is 0 Å². The molecule has 0 fully saturated rings. The molecular formula is C18H18N2O. The second kappa shape index (κ2) is 5.83. The van der Waals surface area contributed by atoms with Crippen molar-refractivity contribution in [1.82, 2.24) is 4.90 Å². The van der Waals surface area contributed by atoms with Crippen LogP contribution in [0.2, 0.25) is 0 Å². The molecule has 2 aromatic carbocycles. The van der Waals surface area contributed by atoms with Gasteiger partial charge in [0.15, 0.2) is 0 Å². The molecule has 0 spiro atoms. The number of hydrogen-bond donors (Lipinski definition) is 1. The molecule has 1 amide bonds. The van der Waals surface area contributed by atoms with Crippen LogP contribution in [0.25, 0.3) is 6.08 Å². The molecular weight excluding hydrogens is 260 g/mol. The lowest BCUT2D eigenvalue weighted by Crippen LogP contribution is -2.47. The maximum absolute atomic E-state index is 12.5. The zero-order valence-electron chi connectivity index (χ0n) is 12.0. The molecule has 1 N–H and O–H groups in total. The zero-order chi connectivity index (χ0) is 14.7. The van der Waals surface area contributed by atoms with Crippen LogP contribution in [0.1, 0.15) is 22.8 Å². The van der Waals surface area contributed by atoms with E-state index in [0.717, 1.165) is 16.8 Å². The Bertz CT molecular complexity index is 664. The molecule has 0 aromatic heterocycles. The van der Waals surface area contributed by atoms with Gasteiger partial charge in [0.25, 0.3) is 5.91 Å². The second-order valence-corrected chi connectivity index (χ2v) is 5.00. The Morgan fingerprint density at radius 2 is 1.81 bits per heavy atom.